The van der Waals surface area contributed by atoms with E-state index in [9.17, 15) is 4.79 Å². The largest absolute Gasteiger partial charge is 0.482 e. The predicted molar refractivity (Wildman–Crippen MR) is 82.3 cm³/mol. The zero-order chi connectivity index (χ0) is 15.0. The molecule has 0 fully saturated rings. The number of hydrogen-bond acceptors (Lipinski definition) is 3. The van der Waals surface area contributed by atoms with Crippen LogP contribution in [0.2, 0.25) is 5.02 Å². The summed E-state index contributed by atoms with van der Waals surface area (Å²) in [4.78, 5) is 13.3. The topological polar surface area (TPSA) is 41.6 Å². The second-order valence-electron chi connectivity index (χ2n) is 4.64. The number of nitrogens with one attached hydrogen (secondary N) is 1. The summed E-state index contributed by atoms with van der Waals surface area (Å²) in [6.07, 6.45) is 1.10. The highest BCUT2D eigenvalue weighted by Crippen LogP contribution is 2.25. The van der Waals surface area contributed by atoms with Gasteiger partial charge in [0.1, 0.15) is 5.75 Å². The molecule has 1 aromatic carbocycles. The van der Waals surface area contributed by atoms with Crippen LogP contribution in [0, 0.1) is 0 Å². The maximum Gasteiger partial charge on any atom is 0.260 e. The van der Waals surface area contributed by atoms with Crippen LogP contribution in [0.3, 0.4) is 0 Å². The normalized spacial score (nSPS) is 10.4. The summed E-state index contributed by atoms with van der Waals surface area (Å²) in [5.41, 5.74) is 1.10. The van der Waals surface area contributed by atoms with Crippen molar-refractivity contribution in [1.29, 1.82) is 0 Å². The molecule has 0 spiro atoms. The van der Waals surface area contributed by atoms with Crippen molar-refractivity contribution in [3.63, 3.8) is 0 Å². The molecule has 0 radical (unpaired) electrons. The molecule has 0 heterocycles. The maximum absolute atomic E-state index is 11.6. The molecule has 0 aliphatic rings. The SMILES string of the molecule is CCCNCc1ccc(OCC(=O)N(C)CC)c(Cl)c1. The maximum atomic E-state index is 11.6. The summed E-state index contributed by atoms with van der Waals surface area (Å²) < 4.78 is 5.46. The van der Waals surface area contributed by atoms with E-state index >= 15 is 0 Å². The number of carbonyl (C=O) groups excluding carboxylic acids is 1. The van der Waals surface area contributed by atoms with Gasteiger partial charge in [-0.3, -0.25) is 4.79 Å². The fraction of sp³-hybridized carbons (Fsp3) is 0.533. The predicted octanol–water partition coefficient (Wildman–Crippen LogP) is 2.70. The Kier molecular flexibility index (Phi) is 7.41. The summed E-state index contributed by atoms with van der Waals surface area (Å²) in [6.45, 7) is 6.48. The van der Waals surface area contributed by atoms with E-state index in [1.807, 2.05) is 25.1 Å². The van der Waals surface area contributed by atoms with Crippen LogP contribution >= 0.6 is 11.6 Å². The molecule has 20 heavy (non-hydrogen) atoms. The Morgan fingerprint density at radius 2 is 2.15 bits per heavy atom. The van der Waals surface area contributed by atoms with E-state index in [-0.39, 0.29) is 12.5 Å². The molecular formula is C15H23ClN2O2. The van der Waals surface area contributed by atoms with Gasteiger partial charge in [0, 0.05) is 20.1 Å². The van der Waals surface area contributed by atoms with E-state index in [0.717, 1.165) is 25.1 Å². The molecule has 0 saturated carbocycles. The van der Waals surface area contributed by atoms with Gasteiger partial charge in [-0.2, -0.15) is 0 Å². The van der Waals surface area contributed by atoms with E-state index in [4.69, 9.17) is 16.3 Å². The molecule has 1 rings (SSSR count). The number of likely N-dealkylation sites (N-methyl/N-ethyl adjacent to an activating group) is 1. The van der Waals surface area contributed by atoms with Crippen molar-refractivity contribution in [2.75, 3.05) is 26.7 Å². The molecule has 1 aromatic rings. The average Bonchev–Trinajstić information content (AvgIpc) is 2.45. The first-order valence-electron chi connectivity index (χ1n) is 6.94. The van der Waals surface area contributed by atoms with Crippen LogP contribution in [0.4, 0.5) is 0 Å². The van der Waals surface area contributed by atoms with Crippen molar-refractivity contribution >= 4 is 17.5 Å². The number of halogens is 1. The summed E-state index contributed by atoms with van der Waals surface area (Å²) in [5, 5.41) is 3.85. The monoisotopic (exact) mass is 298 g/mol. The quantitative estimate of drug-likeness (QED) is 0.750. The summed E-state index contributed by atoms with van der Waals surface area (Å²) in [7, 11) is 1.75. The molecule has 0 saturated heterocycles. The second kappa shape index (κ2) is 8.82. The van der Waals surface area contributed by atoms with E-state index in [2.05, 4.69) is 12.2 Å². The van der Waals surface area contributed by atoms with Gasteiger partial charge >= 0.3 is 0 Å². The Labute approximate surface area is 126 Å². The van der Waals surface area contributed by atoms with Gasteiger partial charge in [0.2, 0.25) is 0 Å². The molecule has 0 bridgehead atoms. The van der Waals surface area contributed by atoms with E-state index < -0.39 is 0 Å². The summed E-state index contributed by atoms with van der Waals surface area (Å²) in [5.74, 6) is 0.487. The lowest BCUT2D eigenvalue weighted by Gasteiger charge is -2.15. The first-order chi connectivity index (χ1) is 9.58. The molecule has 0 aliphatic carbocycles. The van der Waals surface area contributed by atoms with Crippen LogP contribution in [-0.4, -0.2) is 37.6 Å². The van der Waals surface area contributed by atoms with Crippen LogP contribution in [0.25, 0.3) is 0 Å². The molecule has 4 nitrogen and oxygen atoms in total. The molecular weight excluding hydrogens is 276 g/mol. The minimum Gasteiger partial charge on any atom is -0.482 e. The van der Waals surface area contributed by atoms with Crippen LogP contribution in [0.1, 0.15) is 25.8 Å². The minimum atomic E-state index is -0.0581. The molecule has 1 N–H and O–H groups in total. The third-order valence-electron chi connectivity index (χ3n) is 3.00. The zero-order valence-electron chi connectivity index (χ0n) is 12.4. The van der Waals surface area contributed by atoms with Crippen molar-refractivity contribution in [2.45, 2.75) is 26.8 Å². The van der Waals surface area contributed by atoms with Crippen molar-refractivity contribution in [2.24, 2.45) is 0 Å². The number of amides is 1. The molecule has 0 unspecified atom stereocenters. The van der Waals surface area contributed by atoms with Gasteiger partial charge < -0.3 is 15.0 Å². The number of benzene rings is 1. The van der Waals surface area contributed by atoms with Gasteiger partial charge in [-0.15, -0.1) is 0 Å². The van der Waals surface area contributed by atoms with Crippen LogP contribution in [0.15, 0.2) is 18.2 Å². The summed E-state index contributed by atoms with van der Waals surface area (Å²) >= 11 is 6.16. The first kappa shape index (κ1) is 16.8. The molecule has 0 atom stereocenters. The van der Waals surface area contributed by atoms with Crippen molar-refractivity contribution in [3.05, 3.63) is 28.8 Å². The van der Waals surface area contributed by atoms with Gasteiger partial charge in [0.15, 0.2) is 6.61 Å². The number of rotatable bonds is 8. The lowest BCUT2D eigenvalue weighted by Crippen LogP contribution is -2.31. The Hall–Kier alpha value is -1.26. The minimum absolute atomic E-state index is 0.0114. The third-order valence-corrected chi connectivity index (χ3v) is 3.30. The highest BCUT2D eigenvalue weighted by Gasteiger charge is 2.09. The molecule has 112 valence electrons. The van der Waals surface area contributed by atoms with Crippen molar-refractivity contribution in [1.82, 2.24) is 10.2 Å². The van der Waals surface area contributed by atoms with Crippen LogP contribution in [0.5, 0.6) is 5.75 Å². The lowest BCUT2D eigenvalue weighted by molar-refractivity contribution is -0.131. The van der Waals surface area contributed by atoms with Crippen LogP contribution in [-0.2, 0) is 11.3 Å². The fourth-order valence-electron chi connectivity index (χ4n) is 1.61. The highest BCUT2D eigenvalue weighted by atomic mass is 35.5. The zero-order valence-corrected chi connectivity index (χ0v) is 13.2. The molecule has 0 aliphatic heterocycles. The Morgan fingerprint density at radius 1 is 1.40 bits per heavy atom. The Balaban J connectivity index is 2.53. The number of carbonyl (C=O) groups is 1. The van der Waals surface area contributed by atoms with E-state index in [0.29, 0.717) is 17.3 Å². The first-order valence-corrected chi connectivity index (χ1v) is 7.32. The molecule has 0 aromatic heterocycles. The smallest absolute Gasteiger partial charge is 0.260 e. The van der Waals surface area contributed by atoms with Gasteiger partial charge in [0.25, 0.3) is 5.91 Å². The summed E-state index contributed by atoms with van der Waals surface area (Å²) in [6, 6.07) is 5.63. The Morgan fingerprint density at radius 3 is 2.75 bits per heavy atom. The van der Waals surface area contributed by atoms with Gasteiger partial charge in [-0.05, 0) is 37.6 Å². The number of hydrogen-bond donors (Lipinski definition) is 1. The van der Waals surface area contributed by atoms with E-state index in [1.165, 1.54) is 0 Å². The average molecular weight is 299 g/mol. The molecule has 1 amide bonds. The lowest BCUT2D eigenvalue weighted by atomic mass is 10.2. The van der Waals surface area contributed by atoms with Gasteiger partial charge in [-0.1, -0.05) is 24.6 Å². The highest BCUT2D eigenvalue weighted by molar-refractivity contribution is 6.32. The Bertz CT molecular complexity index is 438. The second-order valence-corrected chi connectivity index (χ2v) is 5.05. The third kappa shape index (κ3) is 5.39. The van der Waals surface area contributed by atoms with Gasteiger partial charge in [0.05, 0.1) is 5.02 Å². The standard InChI is InChI=1S/C15H23ClN2O2/c1-4-8-17-10-12-6-7-14(13(16)9-12)20-11-15(19)18(3)5-2/h6-7,9,17H,4-5,8,10-11H2,1-3H3. The van der Waals surface area contributed by atoms with E-state index in [1.54, 1.807) is 11.9 Å². The van der Waals surface area contributed by atoms with Gasteiger partial charge in [-0.25, -0.2) is 0 Å². The number of ether oxygens (including phenoxy) is 1. The van der Waals surface area contributed by atoms with Crippen molar-refractivity contribution < 1.29 is 9.53 Å². The molecule has 5 heteroatoms. The van der Waals surface area contributed by atoms with Crippen LogP contribution < -0.4 is 10.1 Å². The van der Waals surface area contributed by atoms with Crippen molar-refractivity contribution in [3.8, 4) is 5.75 Å². The number of nitrogens with zero attached hydrogens (tertiary/aromatic N) is 1. The fourth-order valence-corrected chi connectivity index (χ4v) is 1.86.